The molecule has 1 aliphatic carbocycles. The molecule has 0 saturated carbocycles. The summed E-state index contributed by atoms with van der Waals surface area (Å²) in [5, 5.41) is 5.47. The number of amides is 2. The fraction of sp³-hybridized carbons (Fsp3) is 0.154. The van der Waals surface area contributed by atoms with E-state index >= 15 is 0 Å². The molecule has 0 spiro atoms. The van der Waals surface area contributed by atoms with Gasteiger partial charge >= 0.3 is 6.09 Å². The third-order valence-corrected chi connectivity index (χ3v) is 5.69. The monoisotopic (exact) mass is 408 g/mol. The Bertz CT molecular complexity index is 1210. The minimum Gasteiger partial charge on any atom is -0.449 e. The van der Waals surface area contributed by atoms with Crippen LogP contribution in [0.3, 0.4) is 0 Å². The van der Waals surface area contributed by atoms with Gasteiger partial charge in [0.1, 0.15) is 6.61 Å². The average Bonchev–Trinajstić information content (AvgIpc) is 3.33. The van der Waals surface area contributed by atoms with E-state index in [1.165, 1.54) is 22.3 Å². The van der Waals surface area contributed by atoms with Gasteiger partial charge in [-0.3, -0.25) is 4.79 Å². The number of alkyl carbamates (subject to hydrolysis) is 1. The Balaban J connectivity index is 1.18. The molecule has 152 valence electrons. The van der Waals surface area contributed by atoms with Crippen LogP contribution in [-0.4, -0.2) is 25.2 Å². The Morgan fingerprint density at radius 3 is 2.45 bits per heavy atom. The lowest BCUT2D eigenvalue weighted by Gasteiger charge is -2.14. The number of carbonyl (C=O) groups is 2. The summed E-state index contributed by atoms with van der Waals surface area (Å²) < 4.78 is 5.50. The van der Waals surface area contributed by atoms with Gasteiger partial charge in [0.25, 0.3) is 5.91 Å². The second kappa shape index (κ2) is 8.00. The Morgan fingerprint density at radius 2 is 1.71 bits per heavy atom. The fourth-order valence-electron chi connectivity index (χ4n) is 4.22. The van der Waals surface area contributed by atoms with Crippen molar-refractivity contribution in [2.45, 2.75) is 12.5 Å². The van der Waals surface area contributed by atoms with E-state index in [0.29, 0.717) is 12.1 Å². The molecule has 1 aliphatic heterocycles. The van der Waals surface area contributed by atoms with Crippen LogP contribution in [-0.2, 0) is 11.3 Å². The quantitative estimate of drug-likeness (QED) is 0.648. The Hall–Kier alpha value is -4.04. The normalized spacial score (nSPS) is 13.4. The maximum Gasteiger partial charge on any atom is 0.407 e. The molecule has 2 aliphatic rings. The summed E-state index contributed by atoms with van der Waals surface area (Å²) in [6, 6.07) is 22.0. The fourth-order valence-corrected chi connectivity index (χ4v) is 4.22. The first-order valence-electron chi connectivity index (χ1n) is 10.2. The number of hydrogen-bond donors (Lipinski definition) is 2. The molecule has 0 bridgehead atoms. The Labute approximate surface area is 180 Å². The summed E-state index contributed by atoms with van der Waals surface area (Å²) in [5.74, 6) is 5.92. The van der Waals surface area contributed by atoms with Crippen LogP contribution in [0.5, 0.6) is 0 Å². The van der Waals surface area contributed by atoms with Crippen LogP contribution in [0.15, 0.2) is 66.7 Å². The molecule has 1 heterocycles. The van der Waals surface area contributed by atoms with E-state index in [4.69, 9.17) is 4.74 Å². The van der Waals surface area contributed by atoms with Crippen LogP contribution in [0.2, 0.25) is 0 Å². The number of ether oxygens (including phenoxy) is 1. The number of carbonyl (C=O) groups excluding carboxylic acids is 2. The van der Waals surface area contributed by atoms with Crippen LogP contribution in [0.25, 0.3) is 11.1 Å². The summed E-state index contributed by atoms with van der Waals surface area (Å²) in [4.78, 5) is 23.8. The molecule has 5 heteroatoms. The largest absolute Gasteiger partial charge is 0.449 e. The van der Waals surface area contributed by atoms with Crippen LogP contribution in [0, 0.1) is 11.8 Å². The van der Waals surface area contributed by atoms with E-state index in [0.717, 1.165) is 11.1 Å². The summed E-state index contributed by atoms with van der Waals surface area (Å²) in [7, 11) is 0. The van der Waals surface area contributed by atoms with E-state index in [2.05, 4.69) is 46.7 Å². The van der Waals surface area contributed by atoms with E-state index in [-0.39, 0.29) is 25.0 Å². The zero-order valence-electron chi connectivity index (χ0n) is 16.8. The van der Waals surface area contributed by atoms with Crippen molar-refractivity contribution in [1.29, 1.82) is 0 Å². The molecule has 0 unspecified atom stereocenters. The zero-order valence-corrected chi connectivity index (χ0v) is 16.8. The van der Waals surface area contributed by atoms with E-state index in [1.807, 2.05) is 36.4 Å². The lowest BCUT2D eigenvalue weighted by molar-refractivity contribution is 0.0965. The molecular weight excluding hydrogens is 388 g/mol. The first-order valence-corrected chi connectivity index (χ1v) is 10.2. The molecule has 0 fully saturated rings. The first-order chi connectivity index (χ1) is 15.2. The molecule has 0 atom stereocenters. The van der Waals surface area contributed by atoms with Gasteiger partial charge in [-0.2, -0.15) is 0 Å². The number of fused-ring (bicyclic) bond motifs is 4. The predicted octanol–water partition coefficient (Wildman–Crippen LogP) is 3.82. The number of nitrogens with one attached hydrogen (secondary N) is 2. The first kappa shape index (κ1) is 19.0. The van der Waals surface area contributed by atoms with Crippen molar-refractivity contribution in [2.24, 2.45) is 0 Å². The highest BCUT2D eigenvalue weighted by Gasteiger charge is 2.28. The highest BCUT2D eigenvalue weighted by molar-refractivity contribution is 5.98. The van der Waals surface area contributed by atoms with Gasteiger partial charge in [0, 0.05) is 23.6 Å². The van der Waals surface area contributed by atoms with Crippen molar-refractivity contribution in [2.75, 3.05) is 13.2 Å². The summed E-state index contributed by atoms with van der Waals surface area (Å²) in [6.07, 6.45) is -0.486. The smallest absolute Gasteiger partial charge is 0.407 e. The number of benzene rings is 3. The summed E-state index contributed by atoms with van der Waals surface area (Å²) in [5.41, 5.74) is 7.21. The molecule has 5 rings (SSSR count). The second-order valence-electron chi connectivity index (χ2n) is 7.54. The van der Waals surface area contributed by atoms with Gasteiger partial charge in [0.05, 0.1) is 6.54 Å². The zero-order chi connectivity index (χ0) is 21.2. The molecule has 0 saturated heterocycles. The molecule has 0 radical (unpaired) electrons. The van der Waals surface area contributed by atoms with Crippen LogP contribution < -0.4 is 10.6 Å². The van der Waals surface area contributed by atoms with Crippen LogP contribution in [0.4, 0.5) is 4.79 Å². The third-order valence-electron chi connectivity index (χ3n) is 5.69. The van der Waals surface area contributed by atoms with Gasteiger partial charge in [-0.1, -0.05) is 60.4 Å². The van der Waals surface area contributed by atoms with Crippen LogP contribution >= 0.6 is 0 Å². The topological polar surface area (TPSA) is 67.4 Å². The average molecular weight is 408 g/mol. The summed E-state index contributed by atoms with van der Waals surface area (Å²) >= 11 is 0. The van der Waals surface area contributed by atoms with Gasteiger partial charge in [-0.05, 0) is 46.0 Å². The molecule has 0 aromatic heterocycles. The van der Waals surface area contributed by atoms with E-state index in [1.54, 1.807) is 6.07 Å². The van der Waals surface area contributed by atoms with Crippen molar-refractivity contribution in [3.63, 3.8) is 0 Å². The number of hydrogen-bond acceptors (Lipinski definition) is 3. The van der Waals surface area contributed by atoms with Crippen molar-refractivity contribution in [3.05, 3.63) is 94.5 Å². The highest BCUT2D eigenvalue weighted by atomic mass is 16.5. The molecule has 3 aromatic carbocycles. The van der Waals surface area contributed by atoms with E-state index < -0.39 is 6.09 Å². The molecule has 2 amide bonds. The SMILES string of the molecule is O=C(NCC#Cc1ccc2c(c1)CNC2=O)OCC1c2ccccc2-c2ccccc21. The molecule has 3 aromatic rings. The maximum atomic E-state index is 12.2. The molecular formula is C26H20N2O3. The lowest BCUT2D eigenvalue weighted by atomic mass is 9.98. The van der Waals surface area contributed by atoms with Crippen molar-refractivity contribution in [3.8, 4) is 23.0 Å². The Kier molecular flexibility index (Phi) is 4.89. The summed E-state index contributed by atoms with van der Waals surface area (Å²) in [6.45, 7) is 0.992. The highest BCUT2D eigenvalue weighted by Crippen LogP contribution is 2.44. The maximum absolute atomic E-state index is 12.2. The van der Waals surface area contributed by atoms with E-state index in [9.17, 15) is 9.59 Å². The minimum absolute atomic E-state index is 0.0342. The van der Waals surface area contributed by atoms with Gasteiger partial charge in [-0.15, -0.1) is 0 Å². The van der Waals surface area contributed by atoms with Gasteiger partial charge in [0.2, 0.25) is 0 Å². The standard InChI is InChI=1S/C26H20N2O3/c29-25-19-12-11-17(14-18(19)15-28-25)6-5-13-27-26(30)31-16-24-22-9-3-1-7-20(22)21-8-2-4-10-23(21)24/h1-4,7-12,14,24H,13,15-16H2,(H,27,30)(H,28,29). The van der Waals surface area contributed by atoms with Gasteiger partial charge < -0.3 is 15.4 Å². The van der Waals surface area contributed by atoms with Crippen molar-refractivity contribution in [1.82, 2.24) is 10.6 Å². The van der Waals surface area contributed by atoms with Crippen LogP contribution in [0.1, 0.15) is 38.5 Å². The minimum atomic E-state index is -0.486. The van der Waals surface area contributed by atoms with Crippen molar-refractivity contribution < 1.29 is 14.3 Å². The van der Waals surface area contributed by atoms with Crippen molar-refractivity contribution >= 4 is 12.0 Å². The molecule has 5 nitrogen and oxygen atoms in total. The second-order valence-corrected chi connectivity index (χ2v) is 7.54. The number of rotatable bonds is 3. The van der Waals surface area contributed by atoms with Gasteiger partial charge in [0.15, 0.2) is 0 Å². The Morgan fingerprint density at radius 1 is 1.00 bits per heavy atom. The molecule has 2 N–H and O–H groups in total. The third kappa shape index (κ3) is 3.64. The molecule has 31 heavy (non-hydrogen) atoms. The lowest BCUT2D eigenvalue weighted by Crippen LogP contribution is -2.26. The predicted molar refractivity (Wildman–Crippen MR) is 118 cm³/mol. The van der Waals surface area contributed by atoms with Gasteiger partial charge in [-0.25, -0.2) is 4.79 Å².